The number of fused-ring (bicyclic) bond motifs is 1. The van der Waals surface area contributed by atoms with Crippen LogP contribution in [0.4, 0.5) is 5.69 Å². The molecule has 0 bridgehead atoms. The number of thiophene rings is 1. The van der Waals surface area contributed by atoms with Crippen molar-refractivity contribution >= 4 is 43.8 Å². The summed E-state index contributed by atoms with van der Waals surface area (Å²) in [6, 6.07) is 7.48. The summed E-state index contributed by atoms with van der Waals surface area (Å²) in [4.78, 5) is 12.7. The number of amides is 1. The molecule has 2 aromatic rings. The lowest BCUT2D eigenvalue weighted by Crippen LogP contribution is -2.26. The van der Waals surface area contributed by atoms with Gasteiger partial charge in [0.2, 0.25) is 0 Å². The highest BCUT2D eigenvalue weighted by Crippen LogP contribution is 2.27. The Morgan fingerprint density at radius 2 is 2.20 bits per heavy atom. The zero-order valence-corrected chi connectivity index (χ0v) is 13.1. The molecule has 20 heavy (non-hydrogen) atoms. The first-order valence-corrected chi connectivity index (χ1v) is 8.80. The van der Waals surface area contributed by atoms with Crippen LogP contribution >= 0.6 is 11.3 Å². The summed E-state index contributed by atoms with van der Waals surface area (Å²) >= 11 is 1.45. The van der Waals surface area contributed by atoms with Gasteiger partial charge in [-0.3, -0.25) is 9.00 Å². The summed E-state index contributed by atoms with van der Waals surface area (Å²) in [6.07, 6.45) is 2.40. The van der Waals surface area contributed by atoms with Crippen molar-refractivity contribution in [3.05, 3.63) is 29.1 Å². The van der Waals surface area contributed by atoms with E-state index in [1.54, 1.807) is 6.26 Å². The maximum atomic E-state index is 12.0. The molecule has 0 fully saturated rings. The van der Waals surface area contributed by atoms with Gasteiger partial charge in [0.1, 0.15) is 0 Å². The number of nitrogens with one attached hydrogen (secondary N) is 1. The van der Waals surface area contributed by atoms with Crippen molar-refractivity contribution in [2.45, 2.75) is 18.6 Å². The van der Waals surface area contributed by atoms with Crippen LogP contribution in [0, 0.1) is 0 Å². The largest absolute Gasteiger partial charge is 0.399 e. The lowest BCUT2D eigenvalue weighted by Gasteiger charge is -2.08. The van der Waals surface area contributed by atoms with Gasteiger partial charge in [-0.15, -0.1) is 11.3 Å². The molecule has 0 aliphatic carbocycles. The zero-order chi connectivity index (χ0) is 14.7. The van der Waals surface area contributed by atoms with Crippen LogP contribution in [-0.2, 0) is 10.8 Å². The van der Waals surface area contributed by atoms with Gasteiger partial charge in [-0.2, -0.15) is 0 Å². The van der Waals surface area contributed by atoms with Gasteiger partial charge in [-0.25, -0.2) is 0 Å². The van der Waals surface area contributed by atoms with E-state index < -0.39 is 10.8 Å². The van der Waals surface area contributed by atoms with E-state index in [9.17, 15) is 9.00 Å². The highest BCUT2D eigenvalue weighted by Gasteiger charge is 2.11. The molecule has 0 aliphatic heterocycles. The molecule has 4 nitrogen and oxygen atoms in total. The zero-order valence-electron chi connectivity index (χ0n) is 11.5. The Morgan fingerprint density at radius 1 is 1.45 bits per heavy atom. The molecule has 0 spiro atoms. The number of benzene rings is 1. The Bertz CT molecular complexity index is 652. The van der Waals surface area contributed by atoms with Gasteiger partial charge in [0, 0.05) is 39.2 Å². The van der Waals surface area contributed by atoms with Crippen LogP contribution in [0.15, 0.2) is 24.3 Å². The molecular weight excluding hydrogens is 292 g/mol. The summed E-state index contributed by atoms with van der Waals surface area (Å²) in [7, 11) is -0.847. The molecule has 3 N–H and O–H groups in total. The minimum Gasteiger partial charge on any atom is -0.399 e. The number of hydrogen-bond donors (Lipinski definition) is 2. The molecule has 6 heteroatoms. The summed E-state index contributed by atoms with van der Waals surface area (Å²) in [5, 5.41) is 3.95. The summed E-state index contributed by atoms with van der Waals surface area (Å²) in [6.45, 7) is 2.46. The number of carbonyl (C=O) groups is 1. The van der Waals surface area contributed by atoms with Crippen molar-refractivity contribution in [1.29, 1.82) is 0 Å². The Labute approximate surface area is 124 Å². The fraction of sp³-hybridized carbons (Fsp3) is 0.357. The molecule has 0 aliphatic rings. The first-order valence-electron chi connectivity index (χ1n) is 6.37. The van der Waals surface area contributed by atoms with Crippen LogP contribution in [0.5, 0.6) is 0 Å². The van der Waals surface area contributed by atoms with Gasteiger partial charge < -0.3 is 11.1 Å². The van der Waals surface area contributed by atoms with E-state index >= 15 is 0 Å². The molecule has 0 saturated heterocycles. The monoisotopic (exact) mass is 310 g/mol. The van der Waals surface area contributed by atoms with E-state index in [-0.39, 0.29) is 11.2 Å². The molecule has 108 valence electrons. The summed E-state index contributed by atoms with van der Waals surface area (Å²) in [5.41, 5.74) is 6.42. The second-order valence-electron chi connectivity index (χ2n) is 4.76. The maximum absolute atomic E-state index is 12.0. The molecule has 2 rings (SSSR count). The van der Waals surface area contributed by atoms with E-state index in [4.69, 9.17) is 5.73 Å². The van der Waals surface area contributed by atoms with E-state index in [1.165, 1.54) is 11.3 Å². The molecular formula is C14H18N2O2S2. The van der Waals surface area contributed by atoms with Gasteiger partial charge >= 0.3 is 0 Å². The lowest BCUT2D eigenvalue weighted by atomic mass is 10.2. The highest BCUT2D eigenvalue weighted by molar-refractivity contribution is 7.84. The van der Waals surface area contributed by atoms with Crippen molar-refractivity contribution in [3.63, 3.8) is 0 Å². The molecule has 1 aromatic heterocycles. The van der Waals surface area contributed by atoms with E-state index in [0.29, 0.717) is 23.5 Å². The topological polar surface area (TPSA) is 72.2 Å². The van der Waals surface area contributed by atoms with Crippen molar-refractivity contribution in [2.75, 3.05) is 18.5 Å². The lowest BCUT2D eigenvalue weighted by molar-refractivity contribution is 0.0957. The summed E-state index contributed by atoms with van der Waals surface area (Å²) in [5.74, 6) is -0.0844. The molecule has 1 amide bonds. The molecule has 1 heterocycles. The van der Waals surface area contributed by atoms with Gasteiger partial charge in [0.05, 0.1) is 4.88 Å². The first kappa shape index (κ1) is 15.0. The van der Waals surface area contributed by atoms with Crippen molar-refractivity contribution in [3.8, 4) is 0 Å². The molecule has 0 radical (unpaired) electrons. The van der Waals surface area contributed by atoms with E-state index in [1.807, 2.05) is 31.2 Å². The van der Waals surface area contributed by atoms with E-state index in [2.05, 4.69) is 5.32 Å². The third-order valence-corrected chi connectivity index (χ3v) is 5.65. The number of rotatable bonds is 5. The van der Waals surface area contributed by atoms with Gasteiger partial charge in [0.15, 0.2) is 0 Å². The Balaban J connectivity index is 1.99. The van der Waals surface area contributed by atoms with Crippen LogP contribution < -0.4 is 11.1 Å². The Hall–Kier alpha value is -1.40. The number of hydrogen-bond acceptors (Lipinski definition) is 4. The minimum atomic E-state index is -0.847. The van der Waals surface area contributed by atoms with Crippen molar-refractivity contribution in [2.24, 2.45) is 0 Å². The number of nitrogen functional groups attached to an aromatic ring is 1. The van der Waals surface area contributed by atoms with Crippen molar-refractivity contribution in [1.82, 2.24) is 5.32 Å². The number of anilines is 1. The SMILES string of the molecule is CC(CCNC(=O)c1cc2cc(N)ccc2s1)S(C)=O. The second kappa shape index (κ2) is 6.37. The average molecular weight is 310 g/mol. The smallest absolute Gasteiger partial charge is 0.261 e. The Kier molecular flexibility index (Phi) is 4.77. The normalized spacial score (nSPS) is 14.1. The first-order chi connectivity index (χ1) is 9.47. The number of nitrogens with two attached hydrogens (primary N) is 1. The fourth-order valence-electron chi connectivity index (χ4n) is 1.82. The number of carbonyl (C=O) groups excluding carboxylic acids is 1. The van der Waals surface area contributed by atoms with Crippen LogP contribution in [0.2, 0.25) is 0 Å². The van der Waals surface area contributed by atoms with Gasteiger partial charge in [0.25, 0.3) is 5.91 Å². The standard InChI is InChI=1S/C14H18N2O2S2/c1-9(20(2)18)5-6-16-14(17)13-8-10-7-11(15)3-4-12(10)19-13/h3-4,7-9H,5-6,15H2,1-2H3,(H,16,17). The highest BCUT2D eigenvalue weighted by atomic mass is 32.2. The minimum absolute atomic E-state index is 0.0844. The predicted octanol–water partition coefficient (Wildman–Crippen LogP) is 2.37. The van der Waals surface area contributed by atoms with Crippen LogP contribution in [0.25, 0.3) is 10.1 Å². The molecule has 1 aromatic carbocycles. The molecule has 0 saturated carbocycles. The molecule has 2 unspecified atom stereocenters. The Morgan fingerprint density at radius 3 is 2.90 bits per heavy atom. The van der Waals surface area contributed by atoms with Crippen LogP contribution in [-0.4, -0.2) is 28.2 Å². The van der Waals surface area contributed by atoms with Gasteiger partial charge in [-0.1, -0.05) is 6.92 Å². The fourth-order valence-corrected chi connectivity index (χ4v) is 3.23. The third-order valence-electron chi connectivity index (χ3n) is 3.17. The quantitative estimate of drug-likeness (QED) is 0.833. The maximum Gasteiger partial charge on any atom is 0.261 e. The molecule has 2 atom stereocenters. The van der Waals surface area contributed by atoms with Gasteiger partial charge in [-0.05, 0) is 36.1 Å². The second-order valence-corrected chi connectivity index (χ2v) is 7.65. The predicted molar refractivity (Wildman–Crippen MR) is 86.7 cm³/mol. The summed E-state index contributed by atoms with van der Waals surface area (Å²) < 4.78 is 12.3. The van der Waals surface area contributed by atoms with E-state index in [0.717, 1.165) is 10.1 Å². The van der Waals surface area contributed by atoms with Crippen LogP contribution in [0.3, 0.4) is 0 Å². The third kappa shape index (κ3) is 3.58. The van der Waals surface area contributed by atoms with Crippen LogP contribution in [0.1, 0.15) is 23.0 Å². The van der Waals surface area contributed by atoms with Crippen molar-refractivity contribution < 1.29 is 9.00 Å². The average Bonchev–Trinajstić information content (AvgIpc) is 2.81.